The quantitative estimate of drug-likeness (QED) is 0.745. The highest BCUT2D eigenvalue weighted by atomic mass is 32.2. The Labute approximate surface area is 91.8 Å². The zero-order valence-corrected chi connectivity index (χ0v) is 9.98. The lowest BCUT2D eigenvalue weighted by molar-refractivity contribution is 0.232. The molecule has 0 radical (unpaired) electrons. The summed E-state index contributed by atoms with van der Waals surface area (Å²) >= 11 is 2.12. The fourth-order valence-corrected chi connectivity index (χ4v) is 3.35. The normalized spacial score (nSPS) is 35.8. The number of hydrogen-bond donors (Lipinski definition) is 1. The fourth-order valence-electron chi connectivity index (χ4n) is 2.42. The molecule has 3 heteroatoms. The average molecular weight is 214 g/mol. The summed E-state index contributed by atoms with van der Waals surface area (Å²) in [6.45, 7) is 8.83. The molecule has 0 spiro atoms. The van der Waals surface area contributed by atoms with Crippen molar-refractivity contribution in [1.82, 2.24) is 10.2 Å². The Morgan fingerprint density at radius 3 is 3.00 bits per heavy atom. The standard InChI is InChI=1S/C11H22N2S/c1-10-7-12-8-11(10)9-13-3-2-5-14-6-4-13/h10-12H,2-9H2,1H3/t10-,11+/m1/s1. The third-order valence-corrected chi connectivity index (χ3v) is 4.53. The minimum Gasteiger partial charge on any atom is -0.316 e. The molecule has 2 nitrogen and oxygen atoms in total. The van der Waals surface area contributed by atoms with Gasteiger partial charge in [0.15, 0.2) is 0 Å². The summed E-state index contributed by atoms with van der Waals surface area (Å²) in [4.78, 5) is 2.67. The maximum absolute atomic E-state index is 3.50. The van der Waals surface area contributed by atoms with E-state index in [4.69, 9.17) is 0 Å². The van der Waals surface area contributed by atoms with Crippen LogP contribution in [0, 0.1) is 11.8 Å². The Kier molecular flexibility index (Phi) is 4.14. The number of rotatable bonds is 2. The van der Waals surface area contributed by atoms with E-state index >= 15 is 0 Å². The zero-order chi connectivity index (χ0) is 9.80. The first-order valence-corrected chi connectivity index (χ1v) is 7.02. The van der Waals surface area contributed by atoms with Gasteiger partial charge in [0.25, 0.3) is 0 Å². The maximum Gasteiger partial charge on any atom is 0.00725 e. The van der Waals surface area contributed by atoms with Crippen LogP contribution in [0.3, 0.4) is 0 Å². The maximum atomic E-state index is 3.50. The first kappa shape index (κ1) is 10.8. The van der Waals surface area contributed by atoms with Crippen molar-refractivity contribution in [2.45, 2.75) is 13.3 Å². The number of hydrogen-bond acceptors (Lipinski definition) is 3. The molecular formula is C11H22N2S. The van der Waals surface area contributed by atoms with E-state index in [-0.39, 0.29) is 0 Å². The molecule has 2 saturated heterocycles. The van der Waals surface area contributed by atoms with Gasteiger partial charge in [-0.05, 0) is 43.6 Å². The van der Waals surface area contributed by atoms with E-state index in [2.05, 4.69) is 28.9 Å². The Balaban J connectivity index is 1.77. The van der Waals surface area contributed by atoms with Crippen LogP contribution in [-0.2, 0) is 0 Å². The number of nitrogens with one attached hydrogen (secondary N) is 1. The van der Waals surface area contributed by atoms with Gasteiger partial charge in [0.1, 0.15) is 0 Å². The van der Waals surface area contributed by atoms with Crippen LogP contribution < -0.4 is 5.32 Å². The van der Waals surface area contributed by atoms with Gasteiger partial charge in [0.05, 0.1) is 0 Å². The number of nitrogens with zero attached hydrogens (tertiary/aromatic N) is 1. The molecule has 2 aliphatic heterocycles. The summed E-state index contributed by atoms with van der Waals surface area (Å²) in [5.41, 5.74) is 0. The molecule has 0 amide bonds. The molecule has 2 atom stereocenters. The van der Waals surface area contributed by atoms with Crippen LogP contribution in [0.2, 0.25) is 0 Å². The smallest absolute Gasteiger partial charge is 0.00725 e. The van der Waals surface area contributed by atoms with Crippen LogP contribution in [0.1, 0.15) is 13.3 Å². The molecule has 14 heavy (non-hydrogen) atoms. The third kappa shape index (κ3) is 2.88. The third-order valence-electron chi connectivity index (χ3n) is 3.49. The monoisotopic (exact) mass is 214 g/mol. The van der Waals surface area contributed by atoms with Crippen LogP contribution >= 0.6 is 11.8 Å². The summed E-state index contributed by atoms with van der Waals surface area (Å²) in [6, 6.07) is 0. The zero-order valence-electron chi connectivity index (χ0n) is 9.17. The molecule has 0 aliphatic carbocycles. The predicted molar refractivity (Wildman–Crippen MR) is 63.9 cm³/mol. The Morgan fingerprint density at radius 1 is 1.29 bits per heavy atom. The summed E-state index contributed by atoms with van der Waals surface area (Å²) in [5, 5.41) is 3.50. The minimum atomic E-state index is 0.880. The average Bonchev–Trinajstić information content (AvgIpc) is 2.44. The molecule has 0 bridgehead atoms. The first-order chi connectivity index (χ1) is 6.86. The van der Waals surface area contributed by atoms with E-state index in [1.807, 2.05) is 0 Å². The van der Waals surface area contributed by atoms with Gasteiger partial charge in [0.2, 0.25) is 0 Å². The summed E-state index contributed by atoms with van der Waals surface area (Å²) in [5.74, 6) is 4.49. The highest BCUT2D eigenvalue weighted by Gasteiger charge is 2.25. The van der Waals surface area contributed by atoms with Crippen molar-refractivity contribution in [2.75, 3.05) is 44.2 Å². The van der Waals surface area contributed by atoms with E-state index in [0.29, 0.717) is 0 Å². The lowest BCUT2D eigenvalue weighted by Gasteiger charge is -2.25. The molecule has 0 aromatic heterocycles. The van der Waals surface area contributed by atoms with Crippen molar-refractivity contribution in [3.05, 3.63) is 0 Å². The SMILES string of the molecule is C[C@@H]1CNC[C@H]1CN1CCCSCC1. The summed E-state index contributed by atoms with van der Waals surface area (Å²) in [7, 11) is 0. The van der Waals surface area contributed by atoms with Crippen molar-refractivity contribution in [1.29, 1.82) is 0 Å². The molecule has 1 N–H and O–H groups in total. The van der Waals surface area contributed by atoms with Gasteiger partial charge >= 0.3 is 0 Å². The summed E-state index contributed by atoms with van der Waals surface area (Å²) < 4.78 is 0. The van der Waals surface area contributed by atoms with Gasteiger partial charge in [-0.3, -0.25) is 0 Å². The van der Waals surface area contributed by atoms with Gasteiger partial charge in [-0.25, -0.2) is 0 Å². The van der Waals surface area contributed by atoms with Gasteiger partial charge in [-0.2, -0.15) is 11.8 Å². The molecule has 2 rings (SSSR count). The molecule has 2 heterocycles. The lowest BCUT2D eigenvalue weighted by atomic mass is 9.97. The van der Waals surface area contributed by atoms with Gasteiger partial charge in [-0.15, -0.1) is 0 Å². The van der Waals surface area contributed by atoms with E-state index in [1.54, 1.807) is 0 Å². The van der Waals surface area contributed by atoms with Gasteiger partial charge in [0, 0.05) is 18.8 Å². The molecule has 2 aliphatic rings. The van der Waals surface area contributed by atoms with E-state index in [1.165, 1.54) is 50.7 Å². The molecule has 0 unspecified atom stereocenters. The van der Waals surface area contributed by atoms with Crippen molar-refractivity contribution < 1.29 is 0 Å². The van der Waals surface area contributed by atoms with Crippen LogP contribution in [-0.4, -0.2) is 49.1 Å². The van der Waals surface area contributed by atoms with Crippen molar-refractivity contribution in [2.24, 2.45) is 11.8 Å². The molecule has 0 saturated carbocycles. The highest BCUT2D eigenvalue weighted by Crippen LogP contribution is 2.19. The van der Waals surface area contributed by atoms with Crippen LogP contribution in [0.25, 0.3) is 0 Å². The molecule has 2 fully saturated rings. The van der Waals surface area contributed by atoms with Crippen molar-refractivity contribution >= 4 is 11.8 Å². The lowest BCUT2D eigenvalue weighted by Crippen LogP contribution is -2.34. The Bertz CT molecular complexity index is 167. The first-order valence-electron chi connectivity index (χ1n) is 5.87. The molecule has 0 aromatic carbocycles. The molecule has 82 valence electrons. The topological polar surface area (TPSA) is 15.3 Å². The van der Waals surface area contributed by atoms with Crippen molar-refractivity contribution in [3.8, 4) is 0 Å². The fraction of sp³-hybridized carbons (Fsp3) is 1.00. The highest BCUT2D eigenvalue weighted by molar-refractivity contribution is 7.99. The Hall–Kier alpha value is 0.270. The molecular weight excluding hydrogens is 192 g/mol. The Morgan fingerprint density at radius 2 is 2.21 bits per heavy atom. The van der Waals surface area contributed by atoms with E-state index in [0.717, 1.165) is 11.8 Å². The van der Waals surface area contributed by atoms with Crippen LogP contribution in [0.15, 0.2) is 0 Å². The second-order valence-electron chi connectivity index (χ2n) is 4.66. The second-order valence-corrected chi connectivity index (χ2v) is 5.89. The van der Waals surface area contributed by atoms with E-state index < -0.39 is 0 Å². The predicted octanol–water partition coefficient (Wildman–Crippen LogP) is 1.28. The molecule has 0 aromatic rings. The van der Waals surface area contributed by atoms with Crippen molar-refractivity contribution in [3.63, 3.8) is 0 Å². The van der Waals surface area contributed by atoms with E-state index in [9.17, 15) is 0 Å². The van der Waals surface area contributed by atoms with Crippen LogP contribution in [0.4, 0.5) is 0 Å². The number of thioether (sulfide) groups is 1. The second kappa shape index (κ2) is 5.38. The minimum absolute atomic E-state index is 0.880. The van der Waals surface area contributed by atoms with Crippen LogP contribution in [0.5, 0.6) is 0 Å². The largest absolute Gasteiger partial charge is 0.316 e. The van der Waals surface area contributed by atoms with Gasteiger partial charge in [-0.1, -0.05) is 6.92 Å². The summed E-state index contributed by atoms with van der Waals surface area (Å²) in [6.07, 6.45) is 1.39. The van der Waals surface area contributed by atoms with Gasteiger partial charge < -0.3 is 10.2 Å².